The van der Waals surface area contributed by atoms with Gasteiger partial charge in [0, 0.05) is 19.5 Å². The number of carbonyl (C=O) groups is 2. The van der Waals surface area contributed by atoms with Crippen LogP contribution in [0.3, 0.4) is 0 Å². The molecule has 18 heavy (non-hydrogen) atoms. The summed E-state index contributed by atoms with van der Waals surface area (Å²) < 4.78 is 0. The molecule has 0 atom stereocenters. The highest BCUT2D eigenvalue weighted by Gasteiger charge is 2.43. The predicted molar refractivity (Wildman–Crippen MR) is 63.9 cm³/mol. The van der Waals surface area contributed by atoms with Crippen molar-refractivity contribution in [2.75, 3.05) is 26.3 Å². The summed E-state index contributed by atoms with van der Waals surface area (Å²) in [5, 5.41) is 27.0. The van der Waals surface area contributed by atoms with Crippen LogP contribution in [-0.2, 0) is 9.59 Å². The minimum atomic E-state index is -0.944. The molecule has 6 heteroatoms. The van der Waals surface area contributed by atoms with E-state index in [4.69, 9.17) is 10.2 Å². The lowest BCUT2D eigenvalue weighted by atomic mass is 9.82. The van der Waals surface area contributed by atoms with E-state index in [-0.39, 0.29) is 38.6 Å². The van der Waals surface area contributed by atoms with Gasteiger partial charge in [-0.2, -0.15) is 0 Å². The maximum atomic E-state index is 12.0. The van der Waals surface area contributed by atoms with Crippen LogP contribution in [0.25, 0.3) is 0 Å². The lowest BCUT2D eigenvalue weighted by molar-refractivity contribution is -0.153. The number of aliphatic hydroxyl groups excluding tert-OH is 2. The molecule has 0 aromatic carbocycles. The van der Waals surface area contributed by atoms with E-state index in [1.807, 2.05) is 0 Å². The molecule has 0 heterocycles. The molecule has 1 amide bonds. The quantitative estimate of drug-likeness (QED) is 0.590. The lowest BCUT2D eigenvalue weighted by Gasteiger charge is -2.27. The fourth-order valence-electron chi connectivity index (χ4n) is 2.52. The number of carboxylic acids is 1. The zero-order chi connectivity index (χ0) is 13.6. The summed E-state index contributed by atoms with van der Waals surface area (Å²) in [5.41, 5.74) is -0.944. The van der Waals surface area contributed by atoms with Gasteiger partial charge in [-0.15, -0.1) is 0 Å². The Morgan fingerprint density at radius 2 is 1.56 bits per heavy atom. The summed E-state index contributed by atoms with van der Waals surface area (Å²) in [7, 11) is 0. The van der Waals surface area contributed by atoms with Crippen molar-refractivity contribution in [3.63, 3.8) is 0 Å². The molecule has 6 nitrogen and oxygen atoms in total. The van der Waals surface area contributed by atoms with Crippen LogP contribution in [0.4, 0.5) is 0 Å². The smallest absolute Gasteiger partial charge is 0.310 e. The fraction of sp³-hybridized carbons (Fsp3) is 0.833. The number of nitrogens with zero attached hydrogens (tertiary/aromatic N) is 1. The van der Waals surface area contributed by atoms with Crippen molar-refractivity contribution < 1.29 is 24.9 Å². The number of carbonyl (C=O) groups excluding carboxylic acids is 1. The second-order valence-electron chi connectivity index (χ2n) is 4.80. The molecule has 1 aliphatic rings. The Labute approximate surface area is 106 Å². The minimum Gasteiger partial charge on any atom is -0.481 e. The molecule has 1 fully saturated rings. The van der Waals surface area contributed by atoms with Crippen LogP contribution in [0.15, 0.2) is 0 Å². The van der Waals surface area contributed by atoms with E-state index in [0.717, 1.165) is 12.8 Å². The van der Waals surface area contributed by atoms with Crippen LogP contribution >= 0.6 is 0 Å². The van der Waals surface area contributed by atoms with Gasteiger partial charge in [-0.25, -0.2) is 0 Å². The van der Waals surface area contributed by atoms with Crippen molar-refractivity contribution in [2.24, 2.45) is 5.41 Å². The van der Waals surface area contributed by atoms with Gasteiger partial charge in [-0.1, -0.05) is 12.8 Å². The van der Waals surface area contributed by atoms with Crippen LogP contribution < -0.4 is 0 Å². The normalized spacial score (nSPS) is 17.7. The Hall–Kier alpha value is -1.14. The van der Waals surface area contributed by atoms with Crippen molar-refractivity contribution in [2.45, 2.75) is 32.1 Å². The van der Waals surface area contributed by atoms with E-state index in [1.54, 1.807) is 0 Å². The zero-order valence-electron chi connectivity index (χ0n) is 10.5. The van der Waals surface area contributed by atoms with Crippen LogP contribution in [0.5, 0.6) is 0 Å². The maximum absolute atomic E-state index is 12.0. The van der Waals surface area contributed by atoms with Gasteiger partial charge in [0.15, 0.2) is 0 Å². The first-order valence-corrected chi connectivity index (χ1v) is 6.28. The molecule has 3 N–H and O–H groups in total. The molecule has 0 unspecified atom stereocenters. The molecule has 0 aromatic heterocycles. The Balaban J connectivity index is 2.67. The molecule has 1 rings (SSSR count). The van der Waals surface area contributed by atoms with Crippen LogP contribution in [0.1, 0.15) is 32.1 Å². The second kappa shape index (κ2) is 6.70. The number of aliphatic carboxylic acids is 1. The number of rotatable bonds is 7. The lowest BCUT2D eigenvalue weighted by Crippen LogP contribution is -2.41. The number of aliphatic hydroxyl groups is 2. The second-order valence-corrected chi connectivity index (χ2v) is 4.80. The summed E-state index contributed by atoms with van der Waals surface area (Å²) in [6.45, 7) is -0.109. The number of hydrogen-bond donors (Lipinski definition) is 3. The van der Waals surface area contributed by atoms with E-state index in [9.17, 15) is 14.7 Å². The molecule has 0 radical (unpaired) electrons. The number of hydrogen-bond acceptors (Lipinski definition) is 4. The number of carboxylic acid groups (broad SMARTS) is 1. The summed E-state index contributed by atoms with van der Waals surface area (Å²) in [6.07, 6.45) is 2.68. The molecule has 104 valence electrons. The van der Waals surface area contributed by atoms with E-state index in [0.29, 0.717) is 12.8 Å². The fourth-order valence-corrected chi connectivity index (χ4v) is 2.52. The minimum absolute atomic E-state index is 0.0394. The summed E-state index contributed by atoms with van der Waals surface area (Å²) in [5.74, 6) is -1.22. The third-order valence-electron chi connectivity index (χ3n) is 3.60. The van der Waals surface area contributed by atoms with Gasteiger partial charge in [-0.3, -0.25) is 9.59 Å². The Bertz CT molecular complexity index is 293. The molecule has 0 saturated heterocycles. The Morgan fingerprint density at radius 1 is 1.06 bits per heavy atom. The van der Waals surface area contributed by atoms with E-state index in [1.165, 1.54) is 4.90 Å². The van der Waals surface area contributed by atoms with Crippen molar-refractivity contribution >= 4 is 11.9 Å². The molecule has 1 aliphatic carbocycles. The first-order chi connectivity index (χ1) is 8.55. The first-order valence-electron chi connectivity index (χ1n) is 6.28. The predicted octanol–water partition coefficient (Wildman–Crippen LogP) is -0.165. The van der Waals surface area contributed by atoms with Crippen LogP contribution in [0, 0.1) is 5.41 Å². The summed E-state index contributed by atoms with van der Waals surface area (Å²) in [4.78, 5) is 24.7. The monoisotopic (exact) mass is 259 g/mol. The molecule has 1 saturated carbocycles. The Morgan fingerprint density at radius 3 is 1.94 bits per heavy atom. The van der Waals surface area contributed by atoms with E-state index in [2.05, 4.69) is 0 Å². The molecule has 0 aliphatic heterocycles. The maximum Gasteiger partial charge on any atom is 0.310 e. The summed E-state index contributed by atoms with van der Waals surface area (Å²) >= 11 is 0. The van der Waals surface area contributed by atoms with Crippen LogP contribution in [0.2, 0.25) is 0 Å². The van der Waals surface area contributed by atoms with Gasteiger partial charge in [0.25, 0.3) is 0 Å². The van der Waals surface area contributed by atoms with Gasteiger partial charge in [0.2, 0.25) is 5.91 Å². The standard InChI is InChI=1S/C12H21NO5/c14-7-5-13(6-8-15)10(16)9-12(11(17)18)3-1-2-4-12/h14-15H,1-9H2,(H,17,18). The molecule has 0 spiro atoms. The van der Waals surface area contributed by atoms with Gasteiger partial charge < -0.3 is 20.2 Å². The topological polar surface area (TPSA) is 98.1 Å². The van der Waals surface area contributed by atoms with E-state index < -0.39 is 11.4 Å². The molecule has 0 aromatic rings. The third kappa shape index (κ3) is 3.43. The van der Waals surface area contributed by atoms with Gasteiger partial charge >= 0.3 is 5.97 Å². The highest BCUT2D eigenvalue weighted by Crippen LogP contribution is 2.41. The highest BCUT2D eigenvalue weighted by atomic mass is 16.4. The highest BCUT2D eigenvalue weighted by molar-refractivity contribution is 5.85. The SMILES string of the molecule is O=C(CC1(C(=O)O)CCCC1)N(CCO)CCO. The van der Waals surface area contributed by atoms with Crippen molar-refractivity contribution in [1.82, 2.24) is 4.90 Å². The molecular weight excluding hydrogens is 238 g/mol. The van der Waals surface area contributed by atoms with E-state index >= 15 is 0 Å². The van der Waals surface area contributed by atoms with Gasteiger partial charge in [0.1, 0.15) is 0 Å². The average molecular weight is 259 g/mol. The average Bonchev–Trinajstić information content (AvgIpc) is 2.78. The Kier molecular flexibility index (Phi) is 5.55. The molecular formula is C12H21NO5. The van der Waals surface area contributed by atoms with Crippen molar-refractivity contribution in [3.8, 4) is 0 Å². The van der Waals surface area contributed by atoms with Gasteiger partial charge in [-0.05, 0) is 12.8 Å². The van der Waals surface area contributed by atoms with Crippen molar-refractivity contribution in [3.05, 3.63) is 0 Å². The van der Waals surface area contributed by atoms with Gasteiger partial charge in [0.05, 0.1) is 18.6 Å². The summed E-state index contributed by atoms with van der Waals surface area (Å²) in [6, 6.07) is 0. The first kappa shape index (κ1) is 14.9. The van der Waals surface area contributed by atoms with Crippen LogP contribution in [-0.4, -0.2) is 58.4 Å². The third-order valence-corrected chi connectivity index (χ3v) is 3.60. The molecule has 0 bridgehead atoms. The zero-order valence-corrected chi connectivity index (χ0v) is 10.5. The largest absolute Gasteiger partial charge is 0.481 e. The van der Waals surface area contributed by atoms with Crippen molar-refractivity contribution in [1.29, 1.82) is 0 Å². The number of amides is 1.